The molecule has 2 aromatic rings. The molecule has 0 bridgehead atoms. The van der Waals surface area contributed by atoms with E-state index in [-0.39, 0.29) is 11.9 Å². The second kappa shape index (κ2) is 6.95. The molecule has 1 aromatic heterocycles. The first-order valence-electron chi connectivity index (χ1n) is 6.17. The number of aryl methyl sites for hydroxylation is 1. The minimum atomic E-state index is 0.157. The summed E-state index contributed by atoms with van der Waals surface area (Å²) in [5.41, 5.74) is 12.1. The minimum Gasteiger partial charge on any atom is -0.492 e. The van der Waals surface area contributed by atoms with Crippen molar-refractivity contribution in [2.24, 2.45) is 0 Å². The number of rotatable bonds is 6. The third-order valence-electron chi connectivity index (χ3n) is 2.53. The molecule has 0 amide bonds. The number of aromatic nitrogens is 3. The molecule has 0 saturated carbocycles. The Labute approximate surface area is 122 Å². The van der Waals surface area contributed by atoms with Gasteiger partial charge >= 0.3 is 0 Å². The standard InChI is InChI=1S/C13H17N5OS/c1-9-4-2-3-5-10(9)19-6-7-20-8-11-16-12(14)18-13(15)17-11/h2-5H,6-8H2,1H3,(H4,14,15,16,17,18). The SMILES string of the molecule is Cc1ccccc1OCCSCc1nc(N)nc(N)n1. The zero-order valence-electron chi connectivity index (χ0n) is 11.2. The largest absolute Gasteiger partial charge is 0.492 e. The quantitative estimate of drug-likeness (QED) is 0.780. The Morgan fingerprint density at radius 1 is 1.10 bits per heavy atom. The number of nitrogens with two attached hydrogens (primary N) is 2. The average Bonchev–Trinajstić information content (AvgIpc) is 2.39. The molecule has 106 valence electrons. The Morgan fingerprint density at radius 2 is 1.80 bits per heavy atom. The van der Waals surface area contributed by atoms with E-state index in [1.807, 2.05) is 31.2 Å². The number of ether oxygens (including phenoxy) is 1. The summed E-state index contributed by atoms with van der Waals surface area (Å²) in [4.78, 5) is 11.8. The van der Waals surface area contributed by atoms with Crippen molar-refractivity contribution in [2.45, 2.75) is 12.7 Å². The second-order valence-electron chi connectivity index (χ2n) is 4.13. The zero-order valence-corrected chi connectivity index (χ0v) is 12.1. The van der Waals surface area contributed by atoms with Crippen LogP contribution in [0.4, 0.5) is 11.9 Å². The predicted octanol–water partition coefficient (Wildman–Crippen LogP) is 1.66. The normalized spacial score (nSPS) is 10.4. The monoisotopic (exact) mass is 291 g/mol. The van der Waals surface area contributed by atoms with E-state index in [1.165, 1.54) is 0 Å². The van der Waals surface area contributed by atoms with Gasteiger partial charge in [-0.05, 0) is 18.6 Å². The van der Waals surface area contributed by atoms with E-state index in [2.05, 4.69) is 15.0 Å². The Balaban J connectivity index is 1.73. The van der Waals surface area contributed by atoms with E-state index < -0.39 is 0 Å². The number of benzene rings is 1. The van der Waals surface area contributed by atoms with E-state index in [0.29, 0.717) is 18.2 Å². The molecular formula is C13H17N5OS. The molecule has 0 spiro atoms. The van der Waals surface area contributed by atoms with Crippen LogP contribution >= 0.6 is 11.8 Å². The molecule has 0 aliphatic heterocycles. The van der Waals surface area contributed by atoms with Gasteiger partial charge in [0.15, 0.2) is 0 Å². The van der Waals surface area contributed by atoms with Gasteiger partial charge in [0.25, 0.3) is 0 Å². The van der Waals surface area contributed by atoms with Crippen molar-refractivity contribution in [2.75, 3.05) is 23.8 Å². The maximum atomic E-state index is 5.70. The predicted molar refractivity (Wildman–Crippen MR) is 81.5 cm³/mol. The smallest absolute Gasteiger partial charge is 0.225 e. The van der Waals surface area contributed by atoms with Crippen LogP contribution in [0.15, 0.2) is 24.3 Å². The van der Waals surface area contributed by atoms with Crippen molar-refractivity contribution in [3.05, 3.63) is 35.7 Å². The molecule has 0 fully saturated rings. The van der Waals surface area contributed by atoms with E-state index in [9.17, 15) is 0 Å². The lowest BCUT2D eigenvalue weighted by Gasteiger charge is -2.08. The first-order chi connectivity index (χ1) is 9.65. The summed E-state index contributed by atoms with van der Waals surface area (Å²) in [5, 5.41) is 0. The Kier molecular flexibility index (Phi) is 5.00. The van der Waals surface area contributed by atoms with Crippen LogP contribution in [0.5, 0.6) is 5.75 Å². The van der Waals surface area contributed by atoms with Gasteiger partial charge in [0.2, 0.25) is 11.9 Å². The van der Waals surface area contributed by atoms with Gasteiger partial charge in [-0.15, -0.1) is 0 Å². The van der Waals surface area contributed by atoms with Crippen LogP contribution in [0.25, 0.3) is 0 Å². The molecule has 0 aliphatic rings. The lowest BCUT2D eigenvalue weighted by Crippen LogP contribution is -2.07. The Bertz CT molecular complexity index is 558. The van der Waals surface area contributed by atoms with Crippen LogP contribution in [0.3, 0.4) is 0 Å². The van der Waals surface area contributed by atoms with Gasteiger partial charge in [0, 0.05) is 5.75 Å². The molecule has 0 saturated heterocycles. The summed E-state index contributed by atoms with van der Waals surface area (Å²) < 4.78 is 5.70. The number of para-hydroxylation sites is 1. The lowest BCUT2D eigenvalue weighted by atomic mass is 10.2. The molecule has 0 atom stereocenters. The summed E-state index contributed by atoms with van der Waals surface area (Å²) >= 11 is 1.66. The summed E-state index contributed by atoms with van der Waals surface area (Å²) in [5.74, 6) is 3.29. The highest BCUT2D eigenvalue weighted by atomic mass is 32.2. The van der Waals surface area contributed by atoms with Gasteiger partial charge in [-0.25, -0.2) is 0 Å². The molecule has 1 heterocycles. The van der Waals surface area contributed by atoms with E-state index in [4.69, 9.17) is 16.2 Å². The molecule has 0 radical (unpaired) electrons. The number of anilines is 2. The van der Waals surface area contributed by atoms with Gasteiger partial charge in [-0.2, -0.15) is 26.7 Å². The summed E-state index contributed by atoms with van der Waals surface area (Å²) in [6, 6.07) is 7.95. The van der Waals surface area contributed by atoms with Crippen LogP contribution in [-0.4, -0.2) is 27.3 Å². The molecule has 6 nitrogen and oxygen atoms in total. The number of nitrogens with zero attached hydrogens (tertiary/aromatic N) is 3. The average molecular weight is 291 g/mol. The molecule has 4 N–H and O–H groups in total. The molecule has 1 aromatic carbocycles. The molecule has 0 aliphatic carbocycles. The molecule has 0 unspecified atom stereocenters. The van der Waals surface area contributed by atoms with Gasteiger partial charge in [0.1, 0.15) is 11.6 Å². The number of nitrogen functional groups attached to an aromatic ring is 2. The summed E-state index contributed by atoms with van der Waals surface area (Å²) in [6.45, 7) is 2.66. The van der Waals surface area contributed by atoms with E-state index in [0.717, 1.165) is 17.1 Å². The van der Waals surface area contributed by atoms with Crippen molar-refractivity contribution in [1.29, 1.82) is 0 Å². The van der Waals surface area contributed by atoms with Crippen molar-refractivity contribution in [1.82, 2.24) is 15.0 Å². The second-order valence-corrected chi connectivity index (χ2v) is 5.24. The fraction of sp³-hybridized carbons (Fsp3) is 0.308. The summed E-state index contributed by atoms with van der Waals surface area (Å²) in [6.07, 6.45) is 0. The van der Waals surface area contributed by atoms with Crippen LogP contribution in [0, 0.1) is 6.92 Å². The highest BCUT2D eigenvalue weighted by Gasteiger charge is 2.02. The molecular weight excluding hydrogens is 274 g/mol. The van der Waals surface area contributed by atoms with Crippen molar-refractivity contribution < 1.29 is 4.74 Å². The Hall–Kier alpha value is -2.02. The van der Waals surface area contributed by atoms with Crippen LogP contribution in [0.1, 0.15) is 11.4 Å². The maximum absolute atomic E-state index is 5.70. The molecule has 20 heavy (non-hydrogen) atoms. The summed E-state index contributed by atoms with van der Waals surface area (Å²) in [7, 11) is 0. The fourth-order valence-electron chi connectivity index (χ4n) is 1.61. The van der Waals surface area contributed by atoms with Gasteiger partial charge in [-0.3, -0.25) is 0 Å². The van der Waals surface area contributed by atoms with Crippen molar-refractivity contribution in [3.63, 3.8) is 0 Å². The van der Waals surface area contributed by atoms with Crippen LogP contribution in [0.2, 0.25) is 0 Å². The number of thioether (sulfide) groups is 1. The third-order valence-corrected chi connectivity index (χ3v) is 3.44. The molecule has 2 rings (SSSR count). The maximum Gasteiger partial charge on any atom is 0.225 e. The highest BCUT2D eigenvalue weighted by molar-refractivity contribution is 7.98. The lowest BCUT2D eigenvalue weighted by molar-refractivity contribution is 0.341. The minimum absolute atomic E-state index is 0.157. The van der Waals surface area contributed by atoms with Gasteiger partial charge < -0.3 is 16.2 Å². The fourth-order valence-corrected chi connectivity index (χ4v) is 2.27. The first-order valence-corrected chi connectivity index (χ1v) is 7.32. The zero-order chi connectivity index (χ0) is 14.4. The topological polar surface area (TPSA) is 99.9 Å². The van der Waals surface area contributed by atoms with Gasteiger partial charge in [-0.1, -0.05) is 18.2 Å². The van der Waals surface area contributed by atoms with Crippen molar-refractivity contribution >= 4 is 23.7 Å². The van der Waals surface area contributed by atoms with E-state index in [1.54, 1.807) is 11.8 Å². The highest BCUT2D eigenvalue weighted by Crippen LogP contribution is 2.17. The number of hydrogen-bond acceptors (Lipinski definition) is 7. The van der Waals surface area contributed by atoms with Gasteiger partial charge in [0.05, 0.1) is 12.4 Å². The Morgan fingerprint density at radius 3 is 2.50 bits per heavy atom. The van der Waals surface area contributed by atoms with E-state index >= 15 is 0 Å². The molecule has 7 heteroatoms. The van der Waals surface area contributed by atoms with Crippen LogP contribution < -0.4 is 16.2 Å². The van der Waals surface area contributed by atoms with Crippen LogP contribution in [-0.2, 0) is 5.75 Å². The number of hydrogen-bond donors (Lipinski definition) is 2. The third kappa shape index (κ3) is 4.27. The van der Waals surface area contributed by atoms with Crippen molar-refractivity contribution in [3.8, 4) is 5.75 Å². The first kappa shape index (κ1) is 14.4.